The van der Waals surface area contributed by atoms with Gasteiger partial charge in [-0.15, -0.1) is 0 Å². The number of amides is 2. The largest absolute Gasteiger partial charge is 0.497 e. The van der Waals surface area contributed by atoms with Crippen molar-refractivity contribution < 1.29 is 14.3 Å². The number of nitrogens with zero attached hydrogens (tertiary/aromatic N) is 2. The van der Waals surface area contributed by atoms with Crippen molar-refractivity contribution >= 4 is 23.2 Å². The fourth-order valence-electron chi connectivity index (χ4n) is 3.73. The van der Waals surface area contributed by atoms with Crippen LogP contribution < -0.4 is 15.0 Å². The van der Waals surface area contributed by atoms with Gasteiger partial charge in [-0.05, 0) is 42.8 Å². The molecule has 1 heterocycles. The molecule has 2 unspecified atom stereocenters. The molecular formula is C22H25N3O3. The molecule has 0 aromatic heterocycles. The molecule has 1 saturated carbocycles. The molecule has 6 nitrogen and oxygen atoms in total. The highest BCUT2D eigenvalue weighted by molar-refractivity contribution is 5.99. The van der Waals surface area contributed by atoms with E-state index in [2.05, 4.69) is 22.3 Å². The van der Waals surface area contributed by atoms with Crippen LogP contribution in [0.5, 0.6) is 5.75 Å². The maximum absolute atomic E-state index is 12.8. The van der Waals surface area contributed by atoms with Crippen LogP contribution in [0.2, 0.25) is 0 Å². The zero-order valence-corrected chi connectivity index (χ0v) is 16.0. The Morgan fingerprint density at radius 3 is 2.25 bits per heavy atom. The van der Waals surface area contributed by atoms with Crippen molar-refractivity contribution in [2.45, 2.75) is 6.42 Å². The van der Waals surface area contributed by atoms with Crippen molar-refractivity contribution in [3.63, 3.8) is 0 Å². The second kappa shape index (κ2) is 7.92. The molecule has 2 atom stereocenters. The molecule has 2 aromatic rings. The van der Waals surface area contributed by atoms with Crippen LogP contribution in [0.15, 0.2) is 54.6 Å². The summed E-state index contributed by atoms with van der Waals surface area (Å²) in [4.78, 5) is 29.4. The van der Waals surface area contributed by atoms with E-state index in [9.17, 15) is 9.59 Å². The van der Waals surface area contributed by atoms with Crippen LogP contribution in [-0.2, 0) is 9.59 Å². The minimum atomic E-state index is -0.221. The van der Waals surface area contributed by atoms with Gasteiger partial charge in [0.25, 0.3) is 0 Å². The average Bonchev–Trinajstić information content (AvgIpc) is 3.56. The lowest BCUT2D eigenvalue weighted by Crippen LogP contribution is -2.49. The molecule has 28 heavy (non-hydrogen) atoms. The topological polar surface area (TPSA) is 61.9 Å². The molecule has 1 aliphatic carbocycles. The zero-order valence-electron chi connectivity index (χ0n) is 16.0. The van der Waals surface area contributed by atoms with Gasteiger partial charge in [-0.25, -0.2) is 0 Å². The summed E-state index contributed by atoms with van der Waals surface area (Å²) in [6.45, 7) is 3.06. The van der Waals surface area contributed by atoms with Gasteiger partial charge in [0.2, 0.25) is 11.8 Å². The van der Waals surface area contributed by atoms with Crippen LogP contribution in [0.1, 0.15) is 6.42 Å². The van der Waals surface area contributed by atoms with E-state index in [4.69, 9.17) is 4.74 Å². The highest BCUT2D eigenvalue weighted by Crippen LogP contribution is 2.41. The lowest BCUT2D eigenvalue weighted by atomic mass is 10.2. The number of anilines is 2. The van der Waals surface area contributed by atoms with Crippen molar-refractivity contribution in [3.8, 4) is 5.75 Å². The lowest BCUT2D eigenvalue weighted by Gasteiger charge is -2.36. The monoisotopic (exact) mass is 379 g/mol. The summed E-state index contributed by atoms with van der Waals surface area (Å²) in [5.74, 6) is 0.379. The maximum atomic E-state index is 12.8. The Morgan fingerprint density at radius 2 is 1.61 bits per heavy atom. The number of hydrogen-bond acceptors (Lipinski definition) is 4. The lowest BCUT2D eigenvalue weighted by molar-refractivity contribution is -0.134. The van der Waals surface area contributed by atoms with Gasteiger partial charge in [-0.1, -0.05) is 18.2 Å². The van der Waals surface area contributed by atoms with Crippen molar-refractivity contribution in [1.82, 2.24) is 4.90 Å². The Bertz CT molecular complexity index is 830. The van der Waals surface area contributed by atoms with Gasteiger partial charge < -0.3 is 19.9 Å². The Labute approximate surface area is 165 Å². The molecule has 2 aromatic carbocycles. The molecule has 146 valence electrons. The van der Waals surface area contributed by atoms with Crippen LogP contribution >= 0.6 is 0 Å². The van der Waals surface area contributed by atoms with Gasteiger partial charge in [-0.3, -0.25) is 9.59 Å². The summed E-state index contributed by atoms with van der Waals surface area (Å²) >= 11 is 0. The average molecular weight is 379 g/mol. The highest BCUT2D eigenvalue weighted by atomic mass is 16.5. The van der Waals surface area contributed by atoms with Crippen LogP contribution in [0.4, 0.5) is 11.4 Å². The summed E-state index contributed by atoms with van der Waals surface area (Å²) in [7, 11) is 1.60. The predicted molar refractivity (Wildman–Crippen MR) is 108 cm³/mol. The number of nitrogens with one attached hydrogen (secondary N) is 1. The number of rotatable bonds is 5. The summed E-state index contributed by atoms with van der Waals surface area (Å²) < 4.78 is 5.12. The van der Waals surface area contributed by atoms with E-state index < -0.39 is 0 Å². The Hall–Kier alpha value is -3.02. The number of hydrogen-bond donors (Lipinski definition) is 1. The standard InChI is InChI=1S/C22H25N3O3/c1-28-18-9-7-16(8-10-18)23-21(26)19-15-20(19)22(27)25-13-11-24(12-14-25)17-5-3-2-4-6-17/h2-10,19-20H,11-15H2,1H3,(H,23,26). The molecule has 6 heteroatoms. The first kappa shape index (κ1) is 18.3. The third-order valence-corrected chi connectivity index (χ3v) is 5.51. The van der Waals surface area contributed by atoms with E-state index in [-0.39, 0.29) is 23.7 Å². The number of benzene rings is 2. The van der Waals surface area contributed by atoms with E-state index in [0.717, 1.165) is 24.5 Å². The summed E-state index contributed by atoms with van der Waals surface area (Å²) in [6, 6.07) is 17.5. The number of para-hydroxylation sites is 1. The normalized spacial score (nSPS) is 21.2. The summed E-state index contributed by atoms with van der Waals surface area (Å²) in [6.07, 6.45) is 0.639. The zero-order chi connectivity index (χ0) is 19.5. The van der Waals surface area contributed by atoms with Crippen molar-refractivity contribution in [3.05, 3.63) is 54.6 Å². The van der Waals surface area contributed by atoms with Gasteiger partial charge in [-0.2, -0.15) is 0 Å². The van der Waals surface area contributed by atoms with Crippen LogP contribution in [0.3, 0.4) is 0 Å². The molecule has 2 fully saturated rings. The second-order valence-corrected chi connectivity index (χ2v) is 7.31. The molecule has 0 radical (unpaired) electrons. The third kappa shape index (κ3) is 3.96. The molecule has 0 bridgehead atoms. The quantitative estimate of drug-likeness (QED) is 0.868. The van der Waals surface area contributed by atoms with Gasteiger partial charge in [0.1, 0.15) is 5.75 Å². The van der Waals surface area contributed by atoms with E-state index >= 15 is 0 Å². The molecule has 0 spiro atoms. The minimum Gasteiger partial charge on any atom is -0.497 e. The van der Waals surface area contributed by atoms with E-state index in [1.807, 2.05) is 23.1 Å². The Balaban J connectivity index is 1.27. The fraction of sp³-hybridized carbons (Fsp3) is 0.364. The molecule has 1 N–H and O–H groups in total. The van der Waals surface area contributed by atoms with Crippen LogP contribution in [0, 0.1) is 11.8 Å². The van der Waals surface area contributed by atoms with Gasteiger partial charge in [0, 0.05) is 37.6 Å². The Morgan fingerprint density at radius 1 is 0.929 bits per heavy atom. The summed E-state index contributed by atoms with van der Waals surface area (Å²) in [5.41, 5.74) is 1.91. The SMILES string of the molecule is COc1ccc(NC(=O)C2CC2C(=O)N2CCN(c3ccccc3)CC2)cc1. The number of carbonyl (C=O) groups is 2. The first-order chi connectivity index (χ1) is 13.7. The summed E-state index contributed by atoms with van der Waals surface area (Å²) in [5, 5.41) is 2.90. The number of piperazine rings is 1. The second-order valence-electron chi connectivity index (χ2n) is 7.31. The molecule has 1 aliphatic heterocycles. The molecule has 2 aliphatic rings. The number of ether oxygens (including phenoxy) is 1. The maximum Gasteiger partial charge on any atom is 0.228 e. The number of methoxy groups -OCH3 is 1. The highest BCUT2D eigenvalue weighted by Gasteiger charge is 2.49. The van der Waals surface area contributed by atoms with Crippen molar-refractivity contribution in [2.24, 2.45) is 11.8 Å². The van der Waals surface area contributed by atoms with Crippen molar-refractivity contribution in [2.75, 3.05) is 43.5 Å². The van der Waals surface area contributed by atoms with E-state index in [1.165, 1.54) is 5.69 Å². The Kier molecular flexibility index (Phi) is 5.19. The number of carbonyl (C=O) groups excluding carboxylic acids is 2. The fourth-order valence-corrected chi connectivity index (χ4v) is 3.73. The van der Waals surface area contributed by atoms with E-state index in [0.29, 0.717) is 19.5 Å². The molecular weight excluding hydrogens is 354 g/mol. The van der Waals surface area contributed by atoms with Gasteiger partial charge in [0.15, 0.2) is 0 Å². The molecule has 2 amide bonds. The third-order valence-electron chi connectivity index (χ3n) is 5.51. The van der Waals surface area contributed by atoms with Crippen LogP contribution in [0.25, 0.3) is 0 Å². The van der Waals surface area contributed by atoms with Gasteiger partial charge >= 0.3 is 0 Å². The van der Waals surface area contributed by atoms with Crippen LogP contribution in [-0.4, -0.2) is 50.0 Å². The smallest absolute Gasteiger partial charge is 0.228 e. The molecule has 4 rings (SSSR count). The first-order valence-corrected chi connectivity index (χ1v) is 9.69. The predicted octanol–water partition coefficient (Wildman–Crippen LogP) is 2.62. The first-order valence-electron chi connectivity index (χ1n) is 9.69. The molecule has 1 saturated heterocycles. The van der Waals surface area contributed by atoms with E-state index in [1.54, 1.807) is 31.4 Å². The van der Waals surface area contributed by atoms with Gasteiger partial charge in [0.05, 0.1) is 18.9 Å². The minimum absolute atomic E-state index is 0.0774. The van der Waals surface area contributed by atoms with Crippen molar-refractivity contribution in [1.29, 1.82) is 0 Å².